The van der Waals surface area contributed by atoms with Crippen LogP contribution in [0.15, 0.2) is 0 Å². The lowest BCUT2D eigenvalue weighted by molar-refractivity contribution is -0.150. The molecule has 1 saturated heterocycles. The first-order chi connectivity index (χ1) is 9.35. The summed E-state index contributed by atoms with van der Waals surface area (Å²) < 4.78 is 10.5. The Morgan fingerprint density at radius 3 is 2.40 bits per heavy atom. The Balaban J connectivity index is 2.54. The van der Waals surface area contributed by atoms with Gasteiger partial charge in [0, 0.05) is 13.1 Å². The first-order valence-electron chi connectivity index (χ1n) is 7.15. The van der Waals surface area contributed by atoms with E-state index in [2.05, 4.69) is 0 Å². The van der Waals surface area contributed by atoms with Crippen molar-refractivity contribution in [1.82, 2.24) is 9.80 Å². The molecule has 0 N–H and O–H groups in total. The molecule has 0 aliphatic carbocycles. The maximum Gasteiger partial charge on any atom is 0.320 e. The molecule has 1 heterocycles. The number of carbonyl (C=O) groups is 2. The van der Waals surface area contributed by atoms with Crippen LogP contribution in [0.25, 0.3) is 0 Å². The molecule has 116 valence electrons. The van der Waals surface area contributed by atoms with Crippen molar-refractivity contribution in [3.8, 4) is 0 Å². The highest BCUT2D eigenvalue weighted by atomic mass is 16.5. The second-order valence-electron chi connectivity index (χ2n) is 5.40. The molecule has 3 atom stereocenters. The molecule has 0 aromatic heterocycles. The molecule has 6 nitrogen and oxygen atoms in total. The minimum Gasteiger partial charge on any atom is -0.465 e. The van der Waals surface area contributed by atoms with E-state index in [1.807, 2.05) is 25.7 Å². The number of hydrogen-bond acceptors (Lipinski definition) is 5. The molecule has 0 bridgehead atoms. The van der Waals surface area contributed by atoms with Gasteiger partial charge < -0.3 is 14.4 Å². The fraction of sp³-hybridized carbons (Fsp3) is 0.857. The Morgan fingerprint density at radius 1 is 1.35 bits per heavy atom. The lowest BCUT2D eigenvalue weighted by Crippen LogP contribution is -2.54. The van der Waals surface area contributed by atoms with E-state index < -0.39 is 0 Å². The molecule has 1 aliphatic rings. The summed E-state index contributed by atoms with van der Waals surface area (Å²) in [4.78, 5) is 27.4. The fourth-order valence-corrected chi connectivity index (χ4v) is 2.36. The molecule has 1 aliphatic heterocycles. The van der Waals surface area contributed by atoms with Gasteiger partial charge in [0.25, 0.3) is 0 Å². The average Bonchev–Trinajstić information content (AvgIpc) is 2.35. The number of likely N-dealkylation sites (N-methyl/N-ethyl adjacent to an activating group) is 1. The zero-order chi connectivity index (χ0) is 15.3. The first kappa shape index (κ1) is 16.9. The molecule has 0 spiro atoms. The van der Waals surface area contributed by atoms with Gasteiger partial charge in [-0.25, -0.2) is 0 Å². The van der Waals surface area contributed by atoms with E-state index in [0.29, 0.717) is 19.7 Å². The third kappa shape index (κ3) is 4.76. The monoisotopic (exact) mass is 286 g/mol. The second-order valence-corrected chi connectivity index (χ2v) is 5.40. The van der Waals surface area contributed by atoms with Gasteiger partial charge in [-0.05, 0) is 34.7 Å². The van der Waals surface area contributed by atoms with Crippen LogP contribution in [0.5, 0.6) is 0 Å². The van der Waals surface area contributed by atoms with Gasteiger partial charge in [-0.15, -0.1) is 0 Å². The molecular formula is C14H26N2O4. The summed E-state index contributed by atoms with van der Waals surface area (Å²) in [6.45, 7) is 9.17. The summed E-state index contributed by atoms with van der Waals surface area (Å²) in [6, 6.07) is -0.350. The van der Waals surface area contributed by atoms with E-state index in [9.17, 15) is 9.59 Å². The fourth-order valence-electron chi connectivity index (χ4n) is 2.36. The topological polar surface area (TPSA) is 59.1 Å². The molecule has 0 aromatic rings. The van der Waals surface area contributed by atoms with Gasteiger partial charge in [-0.2, -0.15) is 0 Å². The lowest BCUT2D eigenvalue weighted by Gasteiger charge is -2.38. The van der Waals surface area contributed by atoms with Gasteiger partial charge in [0.1, 0.15) is 0 Å². The normalized spacial score (nSPS) is 24.6. The van der Waals surface area contributed by atoms with Crippen molar-refractivity contribution in [3.63, 3.8) is 0 Å². The summed E-state index contributed by atoms with van der Waals surface area (Å²) in [5.74, 6) is -0.280. The Labute approximate surface area is 121 Å². The summed E-state index contributed by atoms with van der Waals surface area (Å²) in [7, 11) is 1.76. The van der Waals surface area contributed by atoms with E-state index in [0.717, 1.165) is 0 Å². The SMILES string of the molecule is CCOC(=O)CN(C)C(C)C(=O)N1CC(C)OC(C)C1. The quantitative estimate of drug-likeness (QED) is 0.689. The number of carbonyl (C=O) groups excluding carboxylic acids is 2. The van der Waals surface area contributed by atoms with Crippen LogP contribution in [-0.4, -0.2) is 73.2 Å². The Morgan fingerprint density at radius 2 is 1.90 bits per heavy atom. The molecule has 0 radical (unpaired) electrons. The highest BCUT2D eigenvalue weighted by molar-refractivity contribution is 5.82. The van der Waals surface area contributed by atoms with E-state index >= 15 is 0 Å². The highest BCUT2D eigenvalue weighted by Crippen LogP contribution is 2.13. The van der Waals surface area contributed by atoms with Crippen molar-refractivity contribution in [2.24, 2.45) is 0 Å². The van der Waals surface area contributed by atoms with E-state index in [4.69, 9.17) is 9.47 Å². The largest absolute Gasteiger partial charge is 0.465 e. The maximum atomic E-state index is 12.4. The van der Waals surface area contributed by atoms with E-state index in [-0.39, 0.29) is 36.7 Å². The van der Waals surface area contributed by atoms with Gasteiger partial charge in [0.2, 0.25) is 5.91 Å². The molecule has 0 aromatic carbocycles. The summed E-state index contributed by atoms with van der Waals surface area (Å²) in [5.41, 5.74) is 0. The number of rotatable bonds is 5. The molecule has 1 amide bonds. The standard InChI is InChI=1S/C14H26N2O4/c1-6-19-13(17)9-15(5)12(4)14(18)16-7-10(2)20-11(3)8-16/h10-12H,6-9H2,1-5H3. The van der Waals surface area contributed by atoms with Crippen molar-refractivity contribution in [1.29, 1.82) is 0 Å². The minimum absolute atomic E-state index is 0.0267. The number of morpholine rings is 1. The van der Waals surface area contributed by atoms with Crippen molar-refractivity contribution >= 4 is 11.9 Å². The highest BCUT2D eigenvalue weighted by Gasteiger charge is 2.30. The third-order valence-corrected chi connectivity index (χ3v) is 3.43. The number of nitrogens with zero attached hydrogens (tertiary/aromatic N) is 2. The third-order valence-electron chi connectivity index (χ3n) is 3.43. The number of hydrogen-bond donors (Lipinski definition) is 0. The smallest absolute Gasteiger partial charge is 0.320 e. The number of amides is 1. The van der Waals surface area contributed by atoms with Gasteiger partial charge in [-0.1, -0.05) is 0 Å². The van der Waals surface area contributed by atoms with Crippen molar-refractivity contribution < 1.29 is 19.1 Å². The molecule has 1 fully saturated rings. The molecule has 3 unspecified atom stereocenters. The number of esters is 1. The van der Waals surface area contributed by atoms with Crippen LogP contribution in [0, 0.1) is 0 Å². The zero-order valence-electron chi connectivity index (χ0n) is 13.1. The van der Waals surface area contributed by atoms with Crippen LogP contribution in [-0.2, 0) is 19.1 Å². The van der Waals surface area contributed by atoms with Crippen molar-refractivity contribution in [2.75, 3.05) is 33.3 Å². The van der Waals surface area contributed by atoms with Crippen LogP contribution < -0.4 is 0 Å². The first-order valence-corrected chi connectivity index (χ1v) is 7.15. The van der Waals surface area contributed by atoms with E-state index in [1.165, 1.54) is 0 Å². The van der Waals surface area contributed by atoms with Gasteiger partial charge in [-0.3, -0.25) is 14.5 Å². The lowest BCUT2D eigenvalue weighted by atomic mass is 10.2. The molecule has 1 rings (SSSR count). The van der Waals surface area contributed by atoms with Gasteiger partial charge in [0.15, 0.2) is 0 Å². The zero-order valence-corrected chi connectivity index (χ0v) is 13.1. The van der Waals surface area contributed by atoms with Crippen LogP contribution in [0.4, 0.5) is 0 Å². The Bertz CT molecular complexity index is 338. The molecule has 0 saturated carbocycles. The van der Waals surface area contributed by atoms with Crippen LogP contribution in [0.3, 0.4) is 0 Å². The Kier molecular flexibility index (Phi) is 6.42. The average molecular weight is 286 g/mol. The Hall–Kier alpha value is -1.14. The predicted octanol–water partition coefficient (Wildman–Crippen LogP) is 0.506. The van der Waals surface area contributed by atoms with Gasteiger partial charge in [0.05, 0.1) is 31.4 Å². The molecule has 6 heteroatoms. The summed E-state index contributed by atoms with van der Waals surface area (Å²) in [5, 5.41) is 0. The second kappa shape index (κ2) is 7.59. The minimum atomic E-state index is -0.350. The summed E-state index contributed by atoms with van der Waals surface area (Å²) >= 11 is 0. The summed E-state index contributed by atoms with van der Waals surface area (Å²) in [6.07, 6.45) is 0.0931. The molecular weight excluding hydrogens is 260 g/mol. The maximum absolute atomic E-state index is 12.4. The van der Waals surface area contributed by atoms with E-state index in [1.54, 1.807) is 18.9 Å². The molecule has 20 heavy (non-hydrogen) atoms. The predicted molar refractivity (Wildman–Crippen MR) is 75.3 cm³/mol. The van der Waals surface area contributed by atoms with Crippen molar-refractivity contribution in [3.05, 3.63) is 0 Å². The van der Waals surface area contributed by atoms with Crippen molar-refractivity contribution in [2.45, 2.75) is 45.9 Å². The van der Waals surface area contributed by atoms with Crippen LogP contribution >= 0.6 is 0 Å². The van der Waals surface area contributed by atoms with Gasteiger partial charge >= 0.3 is 5.97 Å². The number of ether oxygens (including phenoxy) is 2. The van der Waals surface area contributed by atoms with Crippen LogP contribution in [0.1, 0.15) is 27.7 Å². The van der Waals surface area contributed by atoms with Crippen LogP contribution in [0.2, 0.25) is 0 Å².